The van der Waals surface area contributed by atoms with Crippen molar-refractivity contribution in [2.75, 3.05) is 5.32 Å². The van der Waals surface area contributed by atoms with E-state index in [9.17, 15) is 9.59 Å². The van der Waals surface area contributed by atoms with Crippen LogP contribution >= 0.6 is 0 Å². The molecule has 6 nitrogen and oxygen atoms in total. The number of hydrogen-bond donors (Lipinski definition) is 1. The zero-order chi connectivity index (χ0) is 19.1. The first-order valence-electron chi connectivity index (χ1n) is 8.99. The molecule has 0 aliphatic carbocycles. The van der Waals surface area contributed by atoms with E-state index in [0.717, 1.165) is 33.5 Å². The van der Waals surface area contributed by atoms with Crippen molar-refractivity contribution in [3.63, 3.8) is 0 Å². The minimum atomic E-state index is -0.159. The van der Waals surface area contributed by atoms with Crippen LogP contribution in [0.1, 0.15) is 11.1 Å². The second-order valence-corrected chi connectivity index (χ2v) is 6.84. The number of nitrogens with zero attached hydrogens (tertiary/aromatic N) is 3. The Morgan fingerprint density at radius 1 is 1.00 bits per heavy atom. The smallest absolute Gasteiger partial charge is 0.269 e. The Kier molecular flexibility index (Phi) is 3.76. The van der Waals surface area contributed by atoms with Gasteiger partial charge in [0.1, 0.15) is 0 Å². The van der Waals surface area contributed by atoms with Crippen molar-refractivity contribution >= 4 is 22.6 Å². The molecule has 2 aromatic heterocycles. The van der Waals surface area contributed by atoms with Gasteiger partial charge in [-0.1, -0.05) is 24.3 Å². The summed E-state index contributed by atoms with van der Waals surface area (Å²) in [4.78, 5) is 32.3. The number of fused-ring (bicyclic) bond motifs is 2. The molecule has 1 amide bonds. The summed E-state index contributed by atoms with van der Waals surface area (Å²) in [6.45, 7) is 0.433. The summed E-state index contributed by atoms with van der Waals surface area (Å²) in [5, 5.41) is 2.85. The van der Waals surface area contributed by atoms with Crippen molar-refractivity contribution in [3.05, 3.63) is 88.6 Å². The lowest BCUT2D eigenvalue weighted by molar-refractivity contribution is -0.115. The zero-order valence-corrected chi connectivity index (χ0v) is 14.9. The molecule has 4 aromatic rings. The SMILES string of the molecule is O=C1Cc2cc(-c3cccc(Cn4c(=O)cnc5ccncc54)c3)ccc2N1. The number of pyridine rings is 1. The van der Waals surface area contributed by atoms with E-state index in [1.165, 1.54) is 6.20 Å². The summed E-state index contributed by atoms with van der Waals surface area (Å²) in [5.74, 6) is 0.0263. The third kappa shape index (κ3) is 2.85. The molecule has 0 bridgehead atoms. The van der Waals surface area contributed by atoms with Crippen molar-refractivity contribution in [1.82, 2.24) is 14.5 Å². The molecule has 28 heavy (non-hydrogen) atoms. The van der Waals surface area contributed by atoms with Crippen molar-refractivity contribution in [1.29, 1.82) is 0 Å². The van der Waals surface area contributed by atoms with Gasteiger partial charge < -0.3 is 5.32 Å². The topological polar surface area (TPSA) is 76.9 Å². The van der Waals surface area contributed by atoms with Gasteiger partial charge in [0.25, 0.3) is 5.56 Å². The van der Waals surface area contributed by atoms with Crippen LogP contribution in [-0.4, -0.2) is 20.4 Å². The standard InChI is InChI=1S/C22H16N4O2/c27-21-10-17-9-16(4-5-18(17)25-21)15-3-1-2-14(8-15)13-26-20-11-23-7-6-19(20)24-12-22(26)28/h1-9,11-12H,10,13H2,(H,25,27). The lowest BCUT2D eigenvalue weighted by Crippen LogP contribution is -2.21. The lowest BCUT2D eigenvalue weighted by atomic mass is 10.00. The first-order valence-corrected chi connectivity index (χ1v) is 8.99. The third-order valence-corrected chi connectivity index (χ3v) is 4.98. The molecule has 0 spiro atoms. The van der Waals surface area contributed by atoms with Crippen LogP contribution in [-0.2, 0) is 17.8 Å². The first-order chi connectivity index (χ1) is 13.7. The number of amides is 1. The summed E-state index contributed by atoms with van der Waals surface area (Å²) in [5.41, 5.74) is 6.28. The monoisotopic (exact) mass is 368 g/mol. The highest BCUT2D eigenvalue weighted by Crippen LogP contribution is 2.29. The van der Waals surface area contributed by atoms with Crippen LogP contribution in [0.4, 0.5) is 5.69 Å². The number of rotatable bonds is 3. The molecule has 0 saturated carbocycles. The van der Waals surface area contributed by atoms with E-state index >= 15 is 0 Å². The van der Waals surface area contributed by atoms with Gasteiger partial charge in [-0.2, -0.15) is 0 Å². The zero-order valence-electron chi connectivity index (χ0n) is 14.9. The van der Waals surface area contributed by atoms with Gasteiger partial charge in [-0.3, -0.25) is 19.1 Å². The maximum atomic E-state index is 12.4. The van der Waals surface area contributed by atoms with Crippen LogP contribution in [0.5, 0.6) is 0 Å². The number of hydrogen-bond acceptors (Lipinski definition) is 4. The van der Waals surface area contributed by atoms with E-state index in [1.54, 1.807) is 23.0 Å². The first kappa shape index (κ1) is 16.4. The van der Waals surface area contributed by atoms with Crippen LogP contribution < -0.4 is 10.9 Å². The predicted octanol–water partition coefficient (Wildman–Crippen LogP) is 3.00. The summed E-state index contributed by atoms with van der Waals surface area (Å²) in [6, 6.07) is 15.9. The van der Waals surface area contributed by atoms with Gasteiger partial charge in [0.05, 0.1) is 36.4 Å². The Labute approximate surface area is 160 Å². The summed E-state index contributed by atoms with van der Waals surface area (Å²) >= 11 is 0. The molecule has 6 heteroatoms. The Morgan fingerprint density at radius 3 is 2.82 bits per heavy atom. The molecule has 3 heterocycles. The molecule has 1 N–H and O–H groups in total. The average molecular weight is 368 g/mol. The second-order valence-electron chi connectivity index (χ2n) is 6.84. The highest BCUT2D eigenvalue weighted by molar-refractivity contribution is 5.99. The van der Waals surface area contributed by atoms with Crippen molar-refractivity contribution in [2.24, 2.45) is 0 Å². The predicted molar refractivity (Wildman–Crippen MR) is 107 cm³/mol. The summed E-state index contributed by atoms with van der Waals surface area (Å²) < 4.78 is 1.68. The van der Waals surface area contributed by atoms with Crippen LogP contribution in [0.3, 0.4) is 0 Å². The molecule has 1 aliphatic rings. The Balaban J connectivity index is 1.53. The highest BCUT2D eigenvalue weighted by Gasteiger charge is 2.17. The van der Waals surface area contributed by atoms with Gasteiger partial charge in [0, 0.05) is 11.9 Å². The number of benzene rings is 2. The van der Waals surface area contributed by atoms with Gasteiger partial charge in [0.2, 0.25) is 5.91 Å². The van der Waals surface area contributed by atoms with Gasteiger partial charge >= 0.3 is 0 Å². The molecule has 5 rings (SSSR count). The minimum absolute atomic E-state index is 0.0263. The Morgan fingerprint density at radius 2 is 1.89 bits per heavy atom. The maximum Gasteiger partial charge on any atom is 0.269 e. The Hall–Kier alpha value is -3.80. The van der Waals surface area contributed by atoms with E-state index in [4.69, 9.17) is 0 Å². The van der Waals surface area contributed by atoms with E-state index in [-0.39, 0.29) is 11.5 Å². The fourth-order valence-corrected chi connectivity index (χ4v) is 3.61. The average Bonchev–Trinajstić information content (AvgIpc) is 3.09. The lowest BCUT2D eigenvalue weighted by Gasteiger charge is -2.11. The van der Waals surface area contributed by atoms with Crippen molar-refractivity contribution in [2.45, 2.75) is 13.0 Å². The van der Waals surface area contributed by atoms with Crippen molar-refractivity contribution in [3.8, 4) is 11.1 Å². The largest absolute Gasteiger partial charge is 0.326 e. The molecule has 136 valence electrons. The molecule has 0 saturated heterocycles. The fraction of sp³-hybridized carbons (Fsp3) is 0.0909. The van der Waals surface area contributed by atoms with Crippen molar-refractivity contribution < 1.29 is 4.79 Å². The van der Waals surface area contributed by atoms with E-state index in [2.05, 4.69) is 21.4 Å². The fourth-order valence-electron chi connectivity index (χ4n) is 3.61. The summed E-state index contributed by atoms with van der Waals surface area (Å²) in [6.07, 6.45) is 5.08. The minimum Gasteiger partial charge on any atom is -0.326 e. The van der Waals surface area contributed by atoms with Gasteiger partial charge in [-0.15, -0.1) is 0 Å². The van der Waals surface area contributed by atoms with Crippen LogP contribution in [0.25, 0.3) is 22.2 Å². The maximum absolute atomic E-state index is 12.4. The molecule has 0 fully saturated rings. The quantitative estimate of drug-likeness (QED) is 0.603. The number of anilines is 1. The Bertz CT molecular complexity index is 1290. The van der Waals surface area contributed by atoms with Gasteiger partial charge in [0.15, 0.2) is 0 Å². The molecule has 0 unspecified atom stereocenters. The molecule has 2 aromatic carbocycles. The normalized spacial score (nSPS) is 12.8. The number of carbonyl (C=O) groups excluding carboxylic acids is 1. The number of aromatic nitrogens is 3. The number of carbonyl (C=O) groups is 1. The number of nitrogens with one attached hydrogen (secondary N) is 1. The van der Waals surface area contributed by atoms with Crippen LogP contribution in [0.15, 0.2) is 71.9 Å². The van der Waals surface area contributed by atoms with Crippen LogP contribution in [0.2, 0.25) is 0 Å². The summed E-state index contributed by atoms with van der Waals surface area (Å²) in [7, 11) is 0. The van der Waals surface area contributed by atoms with Crippen LogP contribution in [0, 0.1) is 0 Å². The molecule has 0 radical (unpaired) electrons. The molecular weight excluding hydrogens is 352 g/mol. The third-order valence-electron chi connectivity index (χ3n) is 4.98. The van der Waals surface area contributed by atoms with E-state index in [0.29, 0.717) is 18.5 Å². The van der Waals surface area contributed by atoms with Gasteiger partial charge in [-0.25, -0.2) is 4.98 Å². The highest BCUT2D eigenvalue weighted by atomic mass is 16.1. The van der Waals surface area contributed by atoms with E-state index < -0.39 is 0 Å². The molecule has 0 atom stereocenters. The second kappa shape index (κ2) is 6.42. The van der Waals surface area contributed by atoms with E-state index in [1.807, 2.05) is 36.4 Å². The van der Waals surface area contributed by atoms with Gasteiger partial charge in [-0.05, 0) is 46.5 Å². The molecular formula is C22H16N4O2. The molecule has 1 aliphatic heterocycles.